The molecule has 0 unspecified atom stereocenters. The number of rotatable bonds is 4. The van der Waals surface area contributed by atoms with Crippen molar-refractivity contribution in [1.29, 1.82) is 0 Å². The van der Waals surface area contributed by atoms with E-state index in [9.17, 15) is 0 Å². The summed E-state index contributed by atoms with van der Waals surface area (Å²) in [6, 6.07) is 38.1. The molecule has 0 bridgehead atoms. The number of hydrogen-bond acceptors (Lipinski definition) is 0. The first kappa shape index (κ1) is 26.5. The topological polar surface area (TPSA) is 0 Å². The van der Waals surface area contributed by atoms with Gasteiger partial charge in [0, 0.05) is 0 Å². The van der Waals surface area contributed by atoms with Crippen LogP contribution >= 0.6 is 0 Å². The van der Waals surface area contributed by atoms with E-state index < -0.39 is 8.80 Å². The molecule has 4 heteroatoms. The Balaban J connectivity index is 0.00000108. The monoisotopic (exact) mass is 570 g/mol. The molecule has 0 amide bonds. The Morgan fingerprint density at radius 3 is 1.88 bits per heavy atom. The van der Waals surface area contributed by atoms with Gasteiger partial charge < -0.3 is 24.8 Å². The fraction of sp³-hybridized carbons (Fsp3) is 0.0333. The van der Waals surface area contributed by atoms with Crippen molar-refractivity contribution < 1.29 is 51.0 Å². The van der Waals surface area contributed by atoms with Crippen molar-refractivity contribution in [2.24, 2.45) is 0 Å². The van der Waals surface area contributed by atoms with Crippen molar-refractivity contribution in [2.75, 3.05) is 0 Å². The summed E-state index contributed by atoms with van der Waals surface area (Å²) < 4.78 is 0. The molecule has 5 aromatic carbocycles. The summed E-state index contributed by atoms with van der Waals surface area (Å²) in [6.45, 7) is 0. The Kier molecular flexibility index (Phi) is 9.01. The minimum Gasteiger partial charge on any atom is -1.00 e. The van der Waals surface area contributed by atoms with Crippen LogP contribution in [0.1, 0.15) is 12.0 Å². The molecule has 2 radical (unpaired) electrons. The van der Waals surface area contributed by atoms with E-state index in [1.165, 1.54) is 48.2 Å². The van der Waals surface area contributed by atoms with Gasteiger partial charge in [0.1, 0.15) is 8.80 Å². The van der Waals surface area contributed by atoms with Gasteiger partial charge in [-0.3, -0.25) is 0 Å². The first-order valence-corrected chi connectivity index (χ1v) is 12.4. The summed E-state index contributed by atoms with van der Waals surface area (Å²) >= 11 is 0. The van der Waals surface area contributed by atoms with Crippen LogP contribution in [0.4, 0.5) is 0 Å². The Morgan fingerprint density at radius 1 is 0.647 bits per heavy atom. The van der Waals surface area contributed by atoms with Crippen molar-refractivity contribution in [3.8, 4) is 0 Å². The summed E-state index contributed by atoms with van der Waals surface area (Å²) in [4.78, 5) is 0. The average molecular weight is 573 g/mol. The van der Waals surface area contributed by atoms with Crippen LogP contribution in [0.2, 0.25) is 0 Å². The molecule has 164 valence electrons. The smallest absolute Gasteiger partial charge is 1.00 e. The van der Waals surface area contributed by atoms with Gasteiger partial charge in [0.25, 0.3) is 0 Å². The molecule has 6 rings (SSSR count). The SMILES string of the molecule is C1=CCC(c2c([Si](c3ccccc3)c3ccccc3)ccc3c2[cH-]c2ccccc23)=C1.[Cl-].[Cl-].[Zr+3]. The fourth-order valence-electron chi connectivity index (χ4n) is 4.90. The molecule has 1 aliphatic carbocycles. The van der Waals surface area contributed by atoms with Crippen molar-refractivity contribution in [1.82, 2.24) is 0 Å². The summed E-state index contributed by atoms with van der Waals surface area (Å²) in [5.41, 5.74) is 2.88. The van der Waals surface area contributed by atoms with E-state index >= 15 is 0 Å². The molecule has 0 aliphatic heterocycles. The molecule has 0 saturated carbocycles. The van der Waals surface area contributed by atoms with Crippen LogP contribution in [0.25, 0.3) is 27.1 Å². The van der Waals surface area contributed by atoms with E-state index in [0.717, 1.165) is 6.42 Å². The second kappa shape index (κ2) is 11.6. The van der Waals surface area contributed by atoms with E-state index in [1.54, 1.807) is 0 Å². The molecule has 0 fully saturated rings. The van der Waals surface area contributed by atoms with Gasteiger partial charge in [-0.2, -0.15) is 0 Å². The van der Waals surface area contributed by atoms with Crippen molar-refractivity contribution in [3.63, 3.8) is 0 Å². The summed E-state index contributed by atoms with van der Waals surface area (Å²) in [7, 11) is -1.14. The van der Waals surface area contributed by atoms with Gasteiger partial charge in [-0.25, -0.2) is 0 Å². The van der Waals surface area contributed by atoms with E-state index in [0.29, 0.717) is 0 Å². The van der Waals surface area contributed by atoms with Gasteiger partial charge in [-0.1, -0.05) is 136 Å². The van der Waals surface area contributed by atoms with E-state index in [-0.39, 0.29) is 51.0 Å². The van der Waals surface area contributed by atoms with Crippen molar-refractivity contribution in [3.05, 3.63) is 127 Å². The van der Waals surface area contributed by atoms with Crippen LogP contribution in [0.5, 0.6) is 0 Å². The van der Waals surface area contributed by atoms with Crippen LogP contribution in [0.3, 0.4) is 0 Å². The third kappa shape index (κ3) is 4.70. The normalized spacial score (nSPS) is 12.2. The van der Waals surface area contributed by atoms with Crippen LogP contribution in [0, 0.1) is 0 Å². The zero-order valence-corrected chi connectivity index (χ0v) is 23.5. The summed E-state index contributed by atoms with van der Waals surface area (Å²) in [5, 5.41) is 9.79. The van der Waals surface area contributed by atoms with Crippen LogP contribution in [0.15, 0.2) is 121 Å². The molecule has 34 heavy (non-hydrogen) atoms. The van der Waals surface area contributed by atoms with E-state index in [4.69, 9.17) is 0 Å². The summed E-state index contributed by atoms with van der Waals surface area (Å²) in [6.07, 6.45) is 7.80. The quantitative estimate of drug-likeness (QED) is 0.156. The summed E-state index contributed by atoms with van der Waals surface area (Å²) in [5.74, 6) is 0. The number of fused-ring (bicyclic) bond motifs is 3. The van der Waals surface area contributed by atoms with Gasteiger partial charge in [0.15, 0.2) is 0 Å². The Morgan fingerprint density at radius 2 is 1.26 bits per heavy atom. The predicted molar refractivity (Wildman–Crippen MR) is 136 cm³/mol. The largest absolute Gasteiger partial charge is 3.00 e. The molecule has 0 saturated heterocycles. The van der Waals surface area contributed by atoms with Crippen molar-refractivity contribution >= 4 is 51.5 Å². The van der Waals surface area contributed by atoms with Crippen molar-refractivity contribution in [2.45, 2.75) is 6.42 Å². The van der Waals surface area contributed by atoms with Crippen LogP contribution in [-0.4, -0.2) is 8.80 Å². The van der Waals surface area contributed by atoms with Gasteiger partial charge in [-0.05, 0) is 6.42 Å². The minimum absolute atomic E-state index is 0. The molecule has 1 aliphatic rings. The Labute approximate surface area is 234 Å². The van der Waals surface area contributed by atoms with Gasteiger partial charge in [-0.15, -0.1) is 33.7 Å². The third-order valence-electron chi connectivity index (χ3n) is 6.28. The molecule has 0 aromatic heterocycles. The maximum Gasteiger partial charge on any atom is 3.00 e. The maximum atomic E-state index is 2.41. The zero-order chi connectivity index (χ0) is 20.6. The average Bonchev–Trinajstić information content (AvgIpc) is 3.49. The Bertz CT molecular complexity index is 1410. The number of hydrogen-bond donors (Lipinski definition) is 0. The molecule has 5 aromatic rings. The van der Waals surface area contributed by atoms with Crippen LogP contribution in [-0.2, 0) is 26.2 Å². The van der Waals surface area contributed by atoms with Gasteiger partial charge in [0.2, 0.25) is 0 Å². The first-order valence-electron chi connectivity index (χ1n) is 10.9. The second-order valence-electron chi connectivity index (χ2n) is 8.11. The fourth-order valence-corrected chi connectivity index (χ4v) is 7.70. The number of allylic oxidation sites excluding steroid dienone is 4. The number of halogens is 2. The molecule has 0 N–H and O–H groups in total. The molecular weight excluding hydrogens is 551 g/mol. The molecule has 0 atom stereocenters. The second-order valence-corrected chi connectivity index (χ2v) is 10.6. The standard InChI is InChI=1S/C30H22Si.2ClH.Zr/c1-3-14-24(15-4-1)31(25-16-5-2-6-17-25)29-20-19-27-26-18-10-9-13-23(26)21-28(27)30(29)22-11-7-8-12-22;;;/h1-11,13-21H,12H2;2*1H;/q-1;;;+3/p-2. The molecule has 0 spiro atoms. The zero-order valence-electron chi connectivity index (χ0n) is 18.5. The predicted octanol–water partition coefficient (Wildman–Crippen LogP) is -0.423. The number of benzene rings is 4. The Hall–Kier alpha value is -2.09. The molecular formula is C30H22Cl2SiZr. The third-order valence-corrected chi connectivity index (χ3v) is 9.06. The van der Waals surface area contributed by atoms with E-state index in [1.807, 2.05) is 0 Å². The molecule has 0 heterocycles. The minimum atomic E-state index is -1.14. The maximum absolute atomic E-state index is 2.41. The van der Waals surface area contributed by atoms with Crippen LogP contribution < -0.4 is 40.4 Å². The van der Waals surface area contributed by atoms with E-state index in [2.05, 4.69) is 121 Å². The van der Waals surface area contributed by atoms with Gasteiger partial charge in [0.05, 0.1) is 0 Å². The molecule has 0 nitrogen and oxygen atoms in total. The first-order chi connectivity index (χ1) is 15.4. The van der Waals surface area contributed by atoms with Gasteiger partial charge >= 0.3 is 26.2 Å².